The van der Waals surface area contributed by atoms with Gasteiger partial charge in [0, 0.05) is 12.2 Å². The van der Waals surface area contributed by atoms with Crippen LogP contribution in [0.2, 0.25) is 0 Å². The topological polar surface area (TPSA) is 71.6 Å². The molecule has 3 rings (SSSR count). The van der Waals surface area contributed by atoms with Gasteiger partial charge in [-0.15, -0.1) is 0 Å². The Labute approximate surface area is 152 Å². The van der Waals surface area contributed by atoms with Crippen LogP contribution in [0.5, 0.6) is 5.75 Å². The largest absolute Gasteiger partial charge is 0.491 e. The van der Waals surface area contributed by atoms with Gasteiger partial charge < -0.3 is 19.4 Å². The predicted molar refractivity (Wildman–Crippen MR) is 98.6 cm³/mol. The highest BCUT2D eigenvalue weighted by Gasteiger charge is 2.36. The molecule has 1 amide bonds. The molecule has 1 aliphatic rings. The number of ether oxygens (including phenoxy) is 2. The first-order chi connectivity index (χ1) is 12.3. The van der Waals surface area contributed by atoms with Crippen LogP contribution < -0.4 is 10.3 Å². The molecule has 1 N–H and O–H groups in total. The number of pyridine rings is 1. The lowest BCUT2D eigenvalue weighted by Crippen LogP contribution is -2.56. The molecule has 0 saturated carbocycles. The number of benzene rings is 1. The number of aromatic nitrogens is 1. The van der Waals surface area contributed by atoms with Crippen molar-refractivity contribution in [1.29, 1.82) is 0 Å². The molecule has 2 aromatic rings. The number of carbonyl (C=O) groups is 1. The van der Waals surface area contributed by atoms with Crippen LogP contribution in [-0.4, -0.2) is 47.2 Å². The number of aryl methyl sites for hydroxylation is 1. The van der Waals surface area contributed by atoms with Gasteiger partial charge >= 0.3 is 0 Å². The van der Waals surface area contributed by atoms with Crippen LogP contribution in [0.25, 0.3) is 0 Å². The third-order valence-electron chi connectivity index (χ3n) is 4.23. The normalized spacial score (nSPS) is 19.2. The van der Waals surface area contributed by atoms with Crippen molar-refractivity contribution in [2.24, 2.45) is 0 Å². The Morgan fingerprint density at radius 2 is 2.00 bits per heavy atom. The summed E-state index contributed by atoms with van der Waals surface area (Å²) in [6.07, 6.45) is -0.271. The smallest absolute Gasteiger partial charge is 0.260 e. The summed E-state index contributed by atoms with van der Waals surface area (Å²) in [6, 6.07) is 12.8. The summed E-state index contributed by atoms with van der Waals surface area (Å²) in [5.41, 5.74) is -0.00814. The Bertz CT molecular complexity index is 829. The molecular formula is C20H24N2O4. The lowest BCUT2D eigenvalue weighted by atomic mass is 10.0. The van der Waals surface area contributed by atoms with E-state index >= 15 is 0 Å². The fourth-order valence-electron chi connectivity index (χ4n) is 3.15. The average Bonchev–Trinajstić information content (AvgIpc) is 2.59. The highest BCUT2D eigenvalue weighted by Crippen LogP contribution is 2.23. The molecule has 2 heterocycles. The Kier molecular flexibility index (Phi) is 5.13. The van der Waals surface area contributed by atoms with E-state index in [0.717, 1.165) is 11.4 Å². The third kappa shape index (κ3) is 4.32. The van der Waals surface area contributed by atoms with Gasteiger partial charge in [-0.1, -0.05) is 18.2 Å². The number of morpholine rings is 1. The van der Waals surface area contributed by atoms with Gasteiger partial charge in [-0.25, -0.2) is 0 Å². The number of hydrogen-bond acceptors (Lipinski definition) is 4. The molecule has 1 aromatic carbocycles. The maximum Gasteiger partial charge on any atom is 0.260 e. The van der Waals surface area contributed by atoms with Crippen molar-refractivity contribution in [3.05, 3.63) is 64.1 Å². The lowest BCUT2D eigenvalue weighted by molar-refractivity contribution is -0.136. The van der Waals surface area contributed by atoms with Gasteiger partial charge in [-0.3, -0.25) is 9.59 Å². The minimum absolute atomic E-state index is 0.149. The van der Waals surface area contributed by atoms with Crippen LogP contribution in [-0.2, 0) is 4.74 Å². The minimum atomic E-state index is -0.518. The van der Waals surface area contributed by atoms with Crippen LogP contribution in [0.15, 0.2) is 47.3 Å². The fourth-order valence-corrected chi connectivity index (χ4v) is 3.15. The molecule has 6 heteroatoms. The number of hydrogen-bond donors (Lipinski definition) is 1. The van der Waals surface area contributed by atoms with Crippen LogP contribution in [0.4, 0.5) is 0 Å². The first-order valence-corrected chi connectivity index (χ1v) is 8.69. The van der Waals surface area contributed by atoms with E-state index in [4.69, 9.17) is 9.47 Å². The quantitative estimate of drug-likeness (QED) is 0.913. The molecule has 0 aliphatic carbocycles. The van der Waals surface area contributed by atoms with Gasteiger partial charge in [0.25, 0.3) is 11.5 Å². The minimum Gasteiger partial charge on any atom is -0.491 e. The number of nitrogens with one attached hydrogen (secondary N) is 1. The highest BCUT2D eigenvalue weighted by molar-refractivity contribution is 5.94. The maximum absolute atomic E-state index is 12.8. The summed E-state index contributed by atoms with van der Waals surface area (Å²) < 4.78 is 11.8. The molecule has 1 aromatic heterocycles. The van der Waals surface area contributed by atoms with Crippen molar-refractivity contribution in [2.75, 3.05) is 19.7 Å². The number of para-hydroxylation sites is 1. The summed E-state index contributed by atoms with van der Waals surface area (Å²) in [7, 11) is 0. The van der Waals surface area contributed by atoms with Crippen LogP contribution in [0.3, 0.4) is 0 Å². The summed E-state index contributed by atoms with van der Waals surface area (Å²) in [4.78, 5) is 29.3. The van der Waals surface area contributed by atoms with E-state index in [1.54, 1.807) is 24.0 Å². The zero-order chi connectivity index (χ0) is 18.7. The SMILES string of the molecule is Cc1ccc(C(=O)N2C[C@@H](COc3ccccc3)OC(C)(C)C2)c(=O)[nH]1. The van der Waals surface area contributed by atoms with Crippen molar-refractivity contribution in [3.63, 3.8) is 0 Å². The number of amides is 1. The van der Waals surface area contributed by atoms with Crippen molar-refractivity contribution in [3.8, 4) is 5.75 Å². The van der Waals surface area contributed by atoms with Crippen LogP contribution in [0, 0.1) is 6.92 Å². The van der Waals surface area contributed by atoms with Crippen LogP contribution in [0.1, 0.15) is 29.9 Å². The summed E-state index contributed by atoms with van der Waals surface area (Å²) >= 11 is 0. The van der Waals surface area contributed by atoms with E-state index in [0.29, 0.717) is 19.7 Å². The second-order valence-corrected chi connectivity index (χ2v) is 7.19. The molecule has 1 saturated heterocycles. The van der Waals surface area contributed by atoms with E-state index in [1.807, 2.05) is 44.2 Å². The van der Waals surface area contributed by atoms with E-state index < -0.39 is 5.60 Å². The van der Waals surface area contributed by atoms with Gasteiger partial charge in [0.15, 0.2) is 0 Å². The molecule has 0 spiro atoms. The van der Waals surface area contributed by atoms with E-state index in [-0.39, 0.29) is 23.1 Å². The molecule has 6 nitrogen and oxygen atoms in total. The zero-order valence-electron chi connectivity index (χ0n) is 15.3. The number of nitrogens with zero attached hydrogens (tertiary/aromatic N) is 1. The molecule has 138 valence electrons. The second-order valence-electron chi connectivity index (χ2n) is 7.19. The average molecular weight is 356 g/mol. The van der Waals surface area contributed by atoms with E-state index in [2.05, 4.69) is 4.98 Å². The van der Waals surface area contributed by atoms with Crippen LogP contribution >= 0.6 is 0 Å². The Balaban J connectivity index is 1.72. The molecule has 1 atom stereocenters. The monoisotopic (exact) mass is 356 g/mol. The molecule has 0 bridgehead atoms. The van der Waals surface area contributed by atoms with Gasteiger partial charge in [0.05, 0.1) is 12.1 Å². The zero-order valence-corrected chi connectivity index (χ0v) is 15.3. The van der Waals surface area contributed by atoms with Crippen molar-refractivity contribution in [2.45, 2.75) is 32.5 Å². The first-order valence-electron chi connectivity index (χ1n) is 8.69. The van der Waals surface area contributed by atoms with Crippen molar-refractivity contribution < 1.29 is 14.3 Å². The number of H-pyrrole nitrogens is 1. The van der Waals surface area contributed by atoms with E-state index in [1.165, 1.54) is 0 Å². The van der Waals surface area contributed by atoms with Crippen molar-refractivity contribution >= 4 is 5.91 Å². The summed E-state index contributed by atoms with van der Waals surface area (Å²) in [6.45, 7) is 6.78. The Hall–Kier alpha value is -2.60. The number of carbonyl (C=O) groups excluding carboxylic acids is 1. The summed E-state index contributed by atoms with van der Waals surface area (Å²) in [5.74, 6) is 0.472. The molecular weight excluding hydrogens is 332 g/mol. The Morgan fingerprint density at radius 3 is 2.69 bits per heavy atom. The van der Waals surface area contributed by atoms with Gasteiger partial charge in [0.2, 0.25) is 0 Å². The molecule has 1 aliphatic heterocycles. The van der Waals surface area contributed by atoms with Gasteiger partial charge in [-0.05, 0) is 45.0 Å². The van der Waals surface area contributed by atoms with E-state index in [9.17, 15) is 9.59 Å². The second kappa shape index (κ2) is 7.33. The lowest BCUT2D eigenvalue weighted by Gasteiger charge is -2.42. The number of aromatic amines is 1. The molecule has 0 unspecified atom stereocenters. The van der Waals surface area contributed by atoms with Crippen molar-refractivity contribution in [1.82, 2.24) is 9.88 Å². The summed E-state index contributed by atoms with van der Waals surface area (Å²) in [5, 5.41) is 0. The standard InChI is InChI=1S/C20H24N2O4/c1-14-9-10-17(18(23)21-14)19(24)22-11-16(26-20(2,3)13-22)12-25-15-7-5-4-6-8-15/h4-10,16H,11-13H2,1-3H3,(H,21,23)/t16-/m0/s1. The fraction of sp³-hybridized carbons (Fsp3) is 0.400. The third-order valence-corrected chi connectivity index (χ3v) is 4.23. The van der Waals surface area contributed by atoms with Gasteiger partial charge in [-0.2, -0.15) is 0 Å². The molecule has 1 fully saturated rings. The Morgan fingerprint density at radius 1 is 1.27 bits per heavy atom. The first kappa shape index (κ1) is 18.2. The number of rotatable bonds is 4. The highest BCUT2D eigenvalue weighted by atomic mass is 16.5. The molecule has 0 radical (unpaired) electrons. The predicted octanol–water partition coefficient (Wildman–Crippen LogP) is 2.38. The maximum atomic E-state index is 12.8. The molecule has 26 heavy (non-hydrogen) atoms. The van der Waals surface area contributed by atoms with Gasteiger partial charge in [0.1, 0.15) is 24.0 Å².